The van der Waals surface area contributed by atoms with Crippen LogP contribution >= 0.6 is 0 Å². The molecule has 2 amide bonds. The molecule has 0 radical (unpaired) electrons. The van der Waals surface area contributed by atoms with E-state index in [1.54, 1.807) is 41.2 Å². The van der Waals surface area contributed by atoms with E-state index in [9.17, 15) is 14.7 Å². The minimum atomic E-state index is -0.320. The van der Waals surface area contributed by atoms with Gasteiger partial charge in [-0.25, -0.2) is 0 Å². The number of aromatic nitrogens is 3. The van der Waals surface area contributed by atoms with E-state index in [2.05, 4.69) is 15.5 Å². The Labute approximate surface area is 173 Å². The summed E-state index contributed by atoms with van der Waals surface area (Å²) in [6.07, 6.45) is 6.15. The highest BCUT2D eigenvalue weighted by atomic mass is 16.3. The molecule has 2 bridgehead atoms. The molecule has 2 saturated heterocycles. The molecule has 2 N–H and O–H groups in total. The molecule has 2 fully saturated rings. The first-order valence-electron chi connectivity index (χ1n) is 10.2. The van der Waals surface area contributed by atoms with Crippen LogP contribution in [-0.2, 0) is 0 Å². The van der Waals surface area contributed by atoms with Gasteiger partial charge in [-0.05, 0) is 62.4 Å². The lowest BCUT2D eigenvalue weighted by atomic mass is 9.98. The summed E-state index contributed by atoms with van der Waals surface area (Å²) in [6, 6.07) is 9.04. The van der Waals surface area contributed by atoms with Crippen LogP contribution in [0, 0.1) is 6.92 Å². The van der Waals surface area contributed by atoms with Crippen molar-refractivity contribution in [1.29, 1.82) is 0 Å². The molecule has 0 saturated carbocycles. The van der Waals surface area contributed by atoms with Gasteiger partial charge in [-0.1, -0.05) is 6.07 Å². The number of anilines is 1. The SMILES string of the molecule is Cc1ccc(C(=O)N2[C@@H]3CC[C@H]2CC(O)C3)cc1NC(=O)c1cccn2cnnc12. The molecule has 2 aliphatic heterocycles. The zero-order valence-corrected chi connectivity index (χ0v) is 16.7. The summed E-state index contributed by atoms with van der Waals surface area (Å²) in [6.45, 7) is 1.89. The fraction of sp³-hybridized carbons (Fsp3) is 0.364. The summed E-state index contributed by atoms with van der Waals surface area (Å²) in [4.78, 5) is 28.1. The van der Waals surface area contributed by atoms with Crippen LogP contribution in [0.25, 0.3) is 5.65 Å². The number of hydrogen-bond donors (Lipinski definition) is 2. The van der Waals surface area contributed by atoms with Crippen molar-refractivity contribution in [3.8, 4) is 0 Å². The molecular weight excluding hydrogens is 382 g/mol. The molecule has 2 aromatic heterocycles. The third-order valence-corrected chi connectivity index (χ3v) is 6.24. The average Bonchev–Trinajstić information content (AvgIpc) is 3.31. The maximum atomic E-state index is 13.2. The lowest BCUT2D eigenvalue weighted by molar-refractivity contribution is 0.0287. The van der Waals surface area contributed by atoms with Gasteiger partial charge < -0.3 is 15.3 Å². The van der Waals surface area contributed by atoms with Gasteiger partial charge in [0.15, 0.2) is 5.65 Å². The van der Waals surface area contributed by atoms with Crippen molar-refractivity contribution in [2.24, 2.45) is 0 Å². The summed E-state index contributed by atoms with van der Waals surface area (Å²) in [7, 11) is 0. The van der Waals surface area contributed by atoms with Crippen LogP contribution in [-0.4, -0.2) is 54.6 Å². The van der Waals surface area contributed by atoms with Gasteiger partial charge in [-0.15, -0.1) is 10.2 Å². The van der Waals surface area contributed by atoms with Gasteiger partial charge in [0.25, 0.3) is 11.8 Å². The number of amides is 2. The summed E-state index contributed by atoms with van der Waals surface area (Å²) >= 11 is 0. The van der Waals surface area contributed by atoms with Crippen LogP contribution in [0.4, 0.5) is 5.69 Å². The summed E-state index contributed by atoms with van der Waals surface area (Å²) in [5, 5.41) is 20.8. The minimum Gasteiger partial charge on any atom is -0.393 e. The largest absolute Gasteiger partial charge is 0.393 e. The van der Waals surface area contributed by atoms with Crippen molar-refractivity contribution in [3.05, 3.63) is 59.5 Å². The standard InChI is InChI=1S/C22H23N5O3/c1-13-4-5-14(22(30)27-15-6-7-16(27)11-17(28)10-15)9-19(13)24-21(29)18-3-2-8-26-12-23-25-20(18)26/h2-5,8-9,12,15-17,28H,6-7,10-11H2,1H3,(H,24,29)/t15-,16+,17?. The quantitative estimate of drug-likeness (QED) is 0.697. The molecule has 3 atom stereocenters. The van der Waals surface area contributed by atoms with Crippen LogP contribution < -0.4 is 5.32 Å². The number of aliphatic hydroxyl groups excluding tert-OH is 1. The Hall–Kier alpha value is -3.26. The molecule has 1 aromatic carbocycles. The second-order valence-electron chi connectivity index (χ2n) is 8.19. The second-order valence-corrected chi connectivity index (χ2v) is 8.19. The molecule has 0 spiro atoms. The summed E-state index contributed by atoms with van der Waals surface area (Å²) in [5.74, 6) is -0.341. The predicted octanol–water partition coefficient (Wildman–Crippen LogP) is 2.42. The highest BCUT2D eigenvalue weighted by Crippen LogP contribution is 2.37. The molecule has 154 valence electrons. The highest BCUT2D eigenvalue weighted by molar-refractivity contribution is 6.09. The lowest BCUT2D eigenvalue weighted by Gasteiger charge is -2.37. The van der Waals surface area contributed by atoms with Crippen molar-refractivity contribution in [2.75, 3.05) is 5.32 Å². The van der Waals surface area contributed by atoms with Crippen LogP contribution in [0.15, 0.2) is 42.9 Å². The molecule has 1 unspecified atom stereocenters. The van der Waals surface area contributed by atoms with Crippen molar-refractivity contribution in [2.45, 2.75) is 50.8 Å². The number of fused-ring (bicyclic) bond motifs is 3. The number of piperidine rings is 1. The van der Waals surface area contributed by atoms with E-state index in [1.807, 2.05) is 17.9 Å². The minimum absolute atomic E-state index is 0.0375. The Morgan fingerprint density at radius 1 is 1.17 bits per heavy atom. The number of hydrogen-bond acceptors (Lipinski definition) is 5. The van der Waals surface area contributed by atoms with E-state index < -0.39 is 0 Å². The van der Waals surface area contributed by atoms with Gasteiger partial charge in [0.05, 0.1) is 11.7 Å². The molecular formula is C22H23N5O3. The first-order valence-corrected chi connectivity index (χ1v) is 10.2. The molecule has 3 aromatic rings. The maximum Gasteiger partial charge on any atom is 0.259 e. The maximum absolute atomic E-state index is 13.2. The van der Waals surface area contributed by atoms with Crippen LogP contribution in [0.2, 0.25) is 0 Å². The van der Waals surface area contributed by atoms with Crippen LogP contribution in [0.1, 0.15) is 52.0 Å². The predicted molar refractivity (Wildman–Crippen MR) is 110 cm³/mol. The van der Waals surface area contributed by atoms with Gasteiger partial charge >= 0.3 is 0 Å². The summed E-state index contributed by atoms with van der Waals surface area (Å²) in [5.41, 5.74) is 2.89. The zero-order valence-electron chi connectivity index (χ0n) is 16.7. The van der Waals surface area contributed by atoms with E-state index in [1.165, 1.54) is 0 Å². The smallest absolute Gasteiger partial charge is 0.259 e. The van der Waals surface area contributed by atoms with Crippen LogP contribution in [0.5, 0.6) is 0 Å². The number of benzene rings is 1. The lowest BCUT2D eigenvalue weighted by Crippen LogP contribution is -2.48. The monoisotopic (exact) mass is 405 g/mol. The number of nitrogens with zero attached hydrogens (tertiary/aromatic N) is 4. The average molecular weight is 405 g/mol. The van der Waals surface area contributed by atoms with Gasteiger partial charge in [0, 0.05) is 29.5 Å². The number of aliphatic hydroxyl groups is 1. The Balaban J connectivity index is 1.41. The molecule has 2 aliphatic rings. The number of pyridine rings is 1. The number of carbonyl (C=O) groups is 2. The molecule has 5 rings (SSSR count). The Kier molecular flexibility index (Phi) is 4.51. The van der Waals surface area contributed by atoms with Gasteiger partial charge in [-0.2, -0.15) is 0 Å². The fourth-order valence-corrected chi connectivity index (χ4v) is 4.74. The first kappa shape index (κ1) is 18.7. The number of carbonyl (C=O) groups excluding carboxylic acids is 2. The third-order valence-electron chi connectivity index (χ3n) is 6.24. The van der Waals surface area contributed by atoms with Gasteiger partial charge in [-0.3, -0.25) is 14.0 Å². The zero-order chi connectivity index (χ0) is 20.8. The van der Waals surface area contributed by atoms with Crippen molar-refractivity contribution in [3.63, 3.8) is 0 Å². The van der Waals surface area contributed by atoms with Crippen molar-refractivity contribution >= 4 is 23.1 Å². The topological polar surface area (TPSA) is 99.8 Å². The fourth-order valence-electron chi connectivity index (χ4n) is 4.74. The molecule has 0 aliphatic carbocycles. The summed E-state index contributed by atoms with van der Waals surface area (Å²) < 4.78 is 1.68. The highest BCUT2D eigenvalue weighted by Gasteiger charge is 2.43. The van der Waals surface area contributed by atoms with E-state index in [0.717, 1.165) is 18.4 Å². The third kappa shape index (κ3) is 3.13. The van der Waals surface area contributed by atoms with Crippen molar-refractivity contribution < 1.29 is 14.7 Å². The molecule has 30 heavy (non-hydrogen) atoms. The number of rotatable bonds is 3. The normalized spacial score (nSPS) is 23.0. The van der Waals surface area contributed by atoms with E-state index in [4.69, 9.17) is 0 Å². The molecule has 4 heterocycles. The van der Waals surface area contributed by atoms with Gasteiger partial charge in [0.2, 0.25) is 0 Å². The molecule has 8 nitrogen and oxygen atoms in total. The Morgan fingerprint density at radius 3 is 2.70 bits per heavy atom. The van der Waals surface area contributed by atoms with E-state index in [-0.39, 0.29) is 30.0 Å². The van der Waals surface area contributed by atoms with Gasteiger partial charge in [0.1, 0.15) is 6.33 Å². The second kappa shape index (κ2) is 7.21. The number of aryl methyl sites for hydroxylation is 1. The van der Waals surface area contributed by atoms with E-state index >= 15 is 0 Å². The first-order chi connectivity index (χ1) is 14.5. The Bertz CT molecular complexity index is 1130. The molecule has 8 heteroatoms. The Morgan fingerprint density at radius 2 is 1.93 bits per heavy atom. The van der Waals surface area contributed by atoms with Crippen molar-refractivity contribution in [1.82, 2.24) is 19.5 Å². The number of nitrogens with one attached hydrogen (secondary N) is 1. The van der Waals surface area contributed by atoms with Crippen LogP contribution in [0.3, 0.4) is 0 Å². The van der Waals surface area contributed by atoms with E-state index in [0.29, 0.717) is 35.3 Å².